The molecule has 2 heterocycles. The van der Waals surface area contributed by atoms with E-state index in [1.807, 2.05) is 54.3 Å². The maximum Gasteiger partial charge on any atom is 0.257 e. The van der Waals surface area contributed by atoms with Crippen molar-refractivity contribution in [2.45, 2.75) is 13.8 Å². The molecule has 1 N–H and O–H groups in total. The van der Waals surface area contributed by atoms with E-state index in [1.165, 1.54) is 11.1 Å². The number of piperazine rings is 1. The number of nitrogens with zero attached hydrogens (tertiary/aromatic N) is 3. The van der Waals surface area contributed by atoms with E-state index < -0.39 is 0 Å². The number of aromatic amines is 1. The molecule has 0 unspecified atom stereocenters. The molecule has 4 rings (SSSR count). The second kappa shape index (κ2) is 7.68. The van der Waals surface area contributed by atoms with Gasteiger partial charge in [-0.15, -0.1) is 0 Å². The van der Waals surface area contributed by atoms with Crippen LogP contribution < -0.4 is 4.90 Å². The standard InChI is InChI=1S/C22H23ClN4O/c1-15-3-6-17(7-4-15)21-19(14-24-25-21)22(28)27-11-9-26(10-12-27)20-13-18(23)8-5-16(20)2/h3-8,13-14H,9-12H2,1-2H3,(H,24,25). The molecule has 1 saturated heterocycles. The summed E-state index contributed by atoms with van der Waals surface area (Å²) in [5.74, 6) is 0.0202. The number of carbonyl (C=O) groups excluding carboxylic acids is 1. The third kappa shape index (κ3) is 3.62. The number of hydrogen-bond acceptors (Lipinski definition) is 3. The molecule has 0 aliphatic carbocycles. The van der Waals surface area contributed by atoms with Crippen molar-refractivity contribution in [1.29, 1.82) is 0 Å². The fourth-order valence-electron chi connectivity index (χ4n) is 3.63. The lowest BCUT2D eigenvalue weighted by molar-refractivity contribution is 0.0747. The third-order valence-corrected chi connectivity index (χ3v) is 5.52. The van der Waals surface area contributed by atoms with Crippen LogP contribution in [0.25, 0.3) is 11.3 Å². The van der Waals surface area contributed by atoms with E-state index in [-0.39, 0.29) is 5.91 Å². The Labute approximate surface area is 169 Å². The highest BCUT2D eigenvalue weighted by atomic mass is 35.5. The molecule has 144 valence electrons. The second-order valence-electron chi connectivity index (χ2n) is 7.23. The molecular weight excluding hydrogens is 372 g/mol. The average molecular weight is 395 g/mol. The monoisotopic (exact) mass is 394 g/mol. The fraction of sp³-hybridized carbons (Fsp3) is 0.273. The first-order valence-electron chi connectivity index (χ1n) is 9.44. The van der Waals surface area contributed by atoms with E-state index in [2.05, 4.69) is 22.0 Å². The van der Waals surface area contributed by atoms with Crippen molar-refractivity contribution in [3.05, 3.63) is 70.4 Å². The van der Waals surface area contributed by atoms with E-state index in [1.54, 1.807) is 6.20 Å². The minimum atomic E-state index is 0.0202. The number of H-pyrrole nitrogens is 1. The molecule has 0 radical (unpaired) electrons. The first-order chi connectivity index (χ1) is 13.5. The highest BCUT2D eigenvalue weighted by Crippen LogP contribution is 2.27. The van der Waals surface area contributed by atoms with Crippen LogP contribution in [0.3, 0.4) is 0 Å². The lowest BCUT2D eigenvalue weighted by atomic mass is 10.1. The molecule has 0 bridgehead atoms. The lowest BCUT2D eigenvalue weighted by Gasteiger charge is -2.36. The van der Waals surface area contributed by atoms with Crippen LogP contribution in [0.4, 0.5) is 5.69 Å². The van der Waals surface area contributed by atoms with Crippen LogP contribution in [0.2, 0.25) is 5.02 Å². The van der Waals surface area contributed by atoms with E-state index >= 15 is 0 Å². The van der Waals surface area contributed by atoms with Crippen molar-refractivity contribution in [1.82, 2.24) is 15.1 Å². The maximum absolute atomic E-state index is 13.1. The van der Waals surface area contributed by atoms with Crippen LogP contribution in [0.15, 0.2) is 48.7 Å². The number of halogens is 1. The number of anilines is 1. The molecule has 28 heavy (non-hydrogen) atoms. The predicted octanol–water partition coefficient (Wildman–Crippen LogP) is 4.31. The van der Waals surface area contributed by atoms with E-state index in [0.717, 1.165) is 35.1 Å². The molecule has 2 aromatic carbocycles. The Morgan fingerprint density at radius 2 is 1.75 bits per heavy atom. The smallest absolute Gasteiger partial charge is 0.257 e. The Balaban J connectivity index is 1.49. The molecule has 5 nitrogen and oxygen atoms in total. The van der Waals surface area contributed by atoms with E-state index in [9.17, 15) is 4.79 Å². The van der Waals surface area contributed by atoms with Gasteiger partial charge in [0.15, 0.2) is 0 Å². The second-order valence-corrected chi connectivity index (χ2v) is 7.67. The van der Waals surface area contributed by atoms with Crippen molar-refractivity contribution in [2.24, 2.45) is 0 Å². The molecule has 0 spiro atoms. The third-order valence-electron chi connectivity index (χ3n) is 5.29. The van der Waals surface area contributed by atoms with Gasteiger partial charge in [-0.05, 0) is 31.5 Å². The molecular formula is C22H23ClN4O. The van der Waals surface area contributed by atoms with Gasteiger partial charge in [-0.1, -0.05) is 47.5 Å². The first kappa shape index (κ1) is 18.6. The van der Waals surface area contributed by atoms with E-state index in [4.69, 9.17) is 11.6 Å². The van der Waals surface area contributed by atoms with Gasteiger partial charge in [-0.2, -0.15) is 5.10 Å². The summed E-state index contributed by atoms with van der Waals surface area (Å²) in [6, 6.07) is 14.0. The van der Waals surface area contributed by atoms with Gasteiger partial charge >= 0.3 is 0 Å². The molecule has 1 fully saturated rings. The SMILES string of the molecule is Cc1ccc(-c2[nH]ncc2C(=O)N2CCN(c3cc(Cl)ccc3C)CC2)cc1. The highest BCUT2D eigenvalue weighted by molar-refractivity contribution is 6.30. The van der Waals surface area contributed by atoms with Crippen LogP contribution in [0.5, 0.6) is 0 Å². The van der Waals surface area contributed by atoms with Crippen LogP contribution >= 0.6 is 11.6 Å². The minimum Gasteiger partial charge on any atom is -0.368 e. The van der Waals surface area contributed by atoms with Crippen molar-refractivity contribution >= 4 is 23.2 Å². The number of aryl methyl sites for hydroxylation is 2. The van der Waals surface area contributed by atoms with Crippen LogP contribution in [-0.4, -0.2) is 47.2 Å². The van der Waals surface area contributed by atoms with Gasteiger partial charge in [0, 0.05) is 42.5 Å². The van der Waals surface area contributed by atoms with Gasteiger partial charge in [0.05, 0.1) is 17.5 Å². The Bertz CT molecular complexity index is 988. The summed E-state index contributed by atoms with van der Waals surface area (Å²) in [6.07, 6.45) is 1.63. The van der Waals surface area contributed by atoms with Crippen molar-refractivity contribution in [3.8, 4) is 11.3 Å². The summed E-state index contributed by atoms with van der Waals surface area (Å²) < 4.78 is 0. The molecule has 1 aliphatic rings. The van der Waals surface area contributed by atoms with Gasteiger partial charge < -0.3 is 9.80 Å². The zero-order valence-electron chi connectivity index (χ0n) is 16.1. The number of aromatic nitrogens is 2. The number of nitrogens with one attached hydrogen (secondary N) is 1. The van der Waals surface area contributed by atoms with Gasteiger partial charge in [0.25, 0.3) is 5.91 Å². The summed E-state index contributed by atoms with van der Waals surface area (Å²) in [4.78, 5) is 17.3. The van der Waals surface area contributed by atoms with Gasteiger partial charge in [-0.3, -0.25) is 9.89 Å². The quantitative estimate of drug-likeness (QED) is 0.720. The van der Waals surface area contributed by atoms with E-state index in [0.29, 0.717) is 18.7 Å². The number of carbonyl (C=O) groups is 1. The Kier molecular flexibility index (Phi) is 5.09. The largest absolute Gasteiger partial charge is 0.368 e. The molecule has 1 aliphatic heterocycles. The maximum atomic E-state index is 13.1. The lowest BCUT2D eigenvalue weighted by Crippen LogP contribution is -2.49. The van der Waals surface area contributed by atoms with Crippen molar-refractivity contribution in [2.75, 3.05) is 31.1 Å². The fourth-order valence-corrected chi connectivity index (χ4v) is 3.80. The summed E-state index contributed by atoms with van der Waals surface area (Å²) >= 11 is 6.17. The topological polar surface area (TPSA) is 52.2 Å². The molecule has 3 aromatic rings. The molecule has 1 aromatic heterocycles. The summed E-state index contributed by atoms with van der Waals surface area (Å²) in [6.45, 7) is 7.04. The Morgan fingerprint density at radius 3 is 2.46 bits per heavy atom. The number of amides is 1. The molecule has 1 amide bonds. The van der Waals surface area contributed by atoms with Gasteiger partial charge in [0.1, 0.15) is 0 Å². The Morgan fingerprint density at radius 1 is 1.04 bits per heavy atom. The normalized spacial score (nSPS) is 14.4. The summed E-state index contributed by atoms with van der Waals surface area (Å²) in [5, 5.41) is 7.85. The average Bonchev–Trinajstić information content (AvgIpc) is 3.20. The van der Waals surface area contributed by atoms with Gasteiger partial charge in [0.2, 0.25) is 0 Å². The first-order valence-corrected chi connectivity index (χ1v) is 9.81. The zero-order valence-corrected chi connectivity index (χ0v) is 16.8. The summed E-state index contributed by atoms with van der Waals surface area (Å²) in [7, 11) is 0. The molecule has 6 heteroatoms. The van der Waals surface area contributed by atoms with Crippen LogP contribution in [0, 0.1) is 13.8 Å². The predicted molar refractivity (Wildman–Crippen MR) is 113 cm³/mol. The number of hydrogen-bond donors (Lipinski definition) is 1. The highest BCUT2D eigenvalue weighted by Gasteiger charge is 2.26. The zero-order chi connectivity index (χ0) is 19.7. The molecule has 0 saturated carbocycles. The van der Waals surface area contributed by atoms with Crippen molar-refractivity contribution < 1.29 is 4.79 Å². The number of rotatable bonds is 3. The molecule has 0 atom stereocenters. The number of benzene rings is 2. The van der Waals surface area contributed by atoms with Gasteiger partial charge in [-0.25, -0.2) is 0 Å². The van der Waals surface area contributed by atoms with Crippen molar-refractivity contribution in [3.63, 3.8) is 0 Å². The van der Waals surface area contributed by atoms with Crippen LogP contribution in [0.1, 0.15) is 21.5 Å². The summed E-state index contributed by atoms with van der Waals surface area (Å²) in [5.41, 5.74) is 5.89. The minimum absolute atomic E-state index is 0.0202. The Hall–Kier alpha value is -2.79. The van der Waals surface area contributed by atoms with Crippen LogP contribution in [-0.2, 0) is 0 Å².